The molecular formula is C15H21N3S. The molecule has 4 heteroatoms. The van der Waals surface area contributed by atoms with Gasteiger partial charge in [-0.3, -0.25) is 9.88 Å². The smallest absolute Gasteiger partial charge is 0.0547 e. The number of thiophene rings is 1. The van der Waals surface area contributed by atoms with E-state index >= 15 is 0 Å². The van der Waals surface area contributed by atoms with Crippen molar-refractivity contribution in [1.82, 2.24) is 15.2 Å². The first-order valence-corrected chi connectivity index (χ1v) is 7.52. The summed E-state index contributed by atoms with van der Waals surface area (Å²) in [5.41, 5.74) is 2.25. The fraction of sp³-hybridized carbons (Fsp3) is 0.400. The standard InChI is InChI=1S/C15H21N3S/c1-3-16-10-13-6-4-7-14(17-13)11-18(2)12-15-8-5-9-19-15/h4-9,16H,3,10-12H2,1-2H3. The second kappa shape index (κ2) is 7.38. The third kappa shape index (κ3) is 4.74. The third-order valence-electron chi connectivity index (χ3n) is 2.86. The molecule has 0 radical (unpaired) electrons. The van der Waals surface area contributed by atoms with E-state index in [9.17, 15) is 0 Å². The first kappa shape index (κ1) is 14.2. The molecule has 102 valence electrons. The molecule has 0 amide bonds. The molecule has 0 unspecified atom stereocenters. The van der Waals surface area contributed by atoms with Gasteiger partial charge in [0.25, 0.3) is 0 Å². The Hall–Kier alpha value is -1.23. The van der Waals surface area contributed by atoms with Crippen LogP contribution in [0.3, 0.4) is 0 Å². The topological polar surface area (TPSA) is 28.2 Å². The summed E-state index contributed by atoms with van der Waals surface area (Å²) in [7, 11) is 2.14. The molecule has 2 aromatic heterocycles. The lowest BCUT2D eigenvalue weighted by Gasteiger charge is -2.15. The number of aromatic nitrogens is 1. The van der Waals surface area contributed by atoms with Crippen LogP contribution < -0.4 is 5.32 Å². The Bertz CT molecular complexity index is 482. The van der Waals surface area contributed by atoms with E-state index < -0.39 is 0 Å². The van der Waals surface area contributed by atoms with Gasteiger partial charge in [-0.2, -0.15) is 0 Å². The van der Waals surface area contributed by atoms with Crippen LogP contribution in [0.15, 0.2) is 35.7 Å². The number of pyridine rings is 1. The summed E-state index contributed by atoms with van der Waals surface area (Å²) < 4.78 is 0. The van der Waals surface area contributed by atoms with Gasteiger partial charge in [0.05, 0.1) is 11.4 Å². The Morgan fingerprint density at radius 3 is 2.74 bits per heavy atom. The summed E-state index contributed by atoms with van der Waals surface area (Å²) in [5.74, 6) is 0. The van der Waals surface area contributed by atoms with E-state index in [1.807, 2.05) is 0 Å². The number of hydrogen-bond donors (Lipinski definition) is 1. The average molecular weight is 275 g/mol. The number of nitrogens with one attached hydrogen (secondary N) is 1. The van der Waals surface area contributed by atoms with Gasteiger partial charge in [0, 0.05) is 24.5 Å². The molecule has 2 rings (SSSR count). The minimum atomic E-state index is 0.846. The van der Waals surface area contributed by atoms with Gasteiger partial charge in [-0.15, -0.1) is 11.3 Å². The quantitative estimate of drug-likeness (QED) is 0.842. The maximum Gasteiger partial charge on any atom is 0.0547 e. The van der Waals surface area contributed by atoms with Crippen LogP contribution in [0.1, 0.15) is 23.2 Å². The van der Waals surface area contributed by atoms with E-state index in [4.69, 9.17) is 0 Å². The van der Waals surface area contributed by atoms with Gasteiger partial charge in [-0.1, -0.05) is 19.1 Å². The SMILES string of the molecule is CCNCc1cccc(CN(C)Cc2cccs2)n1. The van der Waals surface area contributed by atoms with Crippen LogP contribution in [0, 0.1) is 0 Å². The van der Waals surface area contributed by atoms with E-state index in [0.29, 0.717) is 0 Å². The Morgan fingerprint density at radius 2 is 2.00 bits per heavy atom. The predicted molar refractivity (Wildman–Crippen MR) is 81.1 cm³/mol. The van der Waals surface area contributed by atoms with Crippen LogP contribution in [-0.2, 0) is 19.6 Å². The molecule has 1 N–H and O–H groups in total. The summed E-state index contributed by atoms with van der Waals surface area (Å²) in [5, 5.41) is 5.43. The minimum Gasteiger partial charge on any atom is -0.311 e. The molecule has 0 bridgehead atoms. The Labute approximate surface area is 119 Å². The molecule has 0 aromatic carbocycles. The predicted octanol–water partition coefficient (Wildman–Crippen LogP) is 2.88. The summed E-state index contributed by atoms with van der Waals surface area (Å²) in [6, 6.07) is 10.5. The first-order valence-electron chi connectivity index (χ1n) is 6.64. The molecule has 0 aliphatic heterocycles. The number of rotatable bonds is 7. The molecular weight excluding hydrogens is 254 g/mol. The zero-order chi connectivity index (χ0) is 13.5. The molecule has 0 aliphatic carbocycles. The largest absolute Gasteiger partial charge is 0.311 e. The monoisotopic (exact) mass is 275 g/mol. The van der Waals surface area contributed by atoms with E-state index in [2.05, 4.69) is 64.9 Å². The molecule has 0 saturated heterocycles. The lowest BCUT2D eigenvalue weighted by atomic mass is 10.3. The molecule has 2 aromatic rings. The highest BCUT2D eigenvalue weighted by Crippen LogP contribution is 2.12. The molecule has 0 aliphatic rings. The van der Waals surface area contributed by atoms with Crippen LogP contribution in [0.5, 0.6) is 0 Å². The lowest BCUT2D eigenvalue weighted by Crippen LogP contribution is -2.18. The van der Waals surface area contributed by atoms with Gasteiger partial charge in [-0.05, 0) is 37.2 Å². The molecule has 3 nitrogen and oxygen atoms in total. The summed E-state index contributed by atoms with van der Waals surface area (Å²) in [6.07, 6.45) is 0. The van der Waals surface area contributed by atoms with Crippen LogP contribution >= 0.6 is 11.3 Å². The molecule has 19 heavy (non-hydrogen) atoms. The lowest BCUT2D eigenvalue weighted by molar-refractivity contribution is 0.317. The van der Waals surface area contributed by atoms with E-state index in [-0.39, 0.29) is 0 Å². The van der Waals surface area contributed by atoms with Crippen LogP contribution in [0.2, 0.25) is 0 Å². The van der Waals surface area contributed by atoms with E-state index in [0.717, 1.165) is 37.6 Å². The van der Waals surface area contributed by atoms with Crippen molar-refractivity contribution in [2.24, 2.45) is 0 Å². The van der Waals surface area contributed by atoms with Crippen molar-refractivity contribution in [1.29, 1.82) is 0 Å². The zero-order valence-electron chi connectivity index (χ0n) is 11.6. The van der Waals surface area contributed by atoms with Crippen molar-refractivity contribution in [2.45, 2.75) is 26.6 Å². The molecule has 0 saturated carbocycles. The fourth-order valence-corrected chi connectivity index (χ4v) is 2.75. The molecule has 0 atom stereocenters. The van der Waals surface area contributed by atoms with E-state index in [1.165, 1.54) is 4.88 Å². The van der Waals surface area contributed by atoms with Crippen molar-refractivity contribution in [3.63, 3.8) is 0 Å². The first-order chi connectivity index (χ1) is 9.28. The normalized spacial score (nSPS) is 11.1. The van der Waals surface area contributed by atoms with Gasteiger partial charge >= 0.3 is 0 Å². The van der Waals surface area contributed by atoms with Gasteiger partial charge < -0.3 is 5.32 Å². The summed E-state index contributed by atoms with van der Waals surface area (Å²) >= 11 is 1.80. The fourth-order valence-electron chi connectivity index (χ4n) is 1.97. The maximum absolute atomic E-state index is 4.68. The Morgan fingerprint density at radius 1 is 1.16 bits per heavy atom. The molecule has 0 fully saturated rings. The highest BCUT2D eigenvalue weighted by atomic mass is 32.1. The van der Waals surface area contributed by atoms with Crippen molar-refractivity contribution >= 4 is 11.3 Å². The highest BCUT2D eigenvalue weighted by molar-refractivity contribution is 7.09. The summed E-state index contributed by atoms with van der Waals surface area (Å²) in [4.78, 5) is 8.37. The maximum atomic E-state index is 4.68. The van der Waals surface area contributed by atoms with Gasteiger partial charge in [-0.25, -0.2) is 0 Å². The van der Waals surface area contributed by atoms with Crippen LogP contribution in [0.4, 0.5) is 0 Å². The zero-order valence-corrected chi connectivity index (χ0v) is 12.4. The van der Waals surface area contributed by atoms with Gasteiger partial charge in [0.15, 0.2) is 0 Å². The Kier molecular flexibility index (Phi) is 5.51. The minimum absolute atomic E-state index is 0.846. The van der Waals surface area contributed by atoms with Crippen molar-refractivity contribution in [3.05, 3.63) is 52.0 Å². The average Bonchev–Trinajstić information content (AvgIpc) is 2.89. The van der Waals surface area contributed by atoms with E-state index in [1.54, 1.807) is 11.3 Å². The second-order valence-electron chi connectivity index (χ2n) is 4.65. The van der Waals surface area contributed by atoms with Gasteiger partial charge in [0.2, 0.25) is 0 Å². The molecule has 0 spiro atoms. The van der Waals surface area contributed by atoms with Gasteiger partial charge in [0.1, 0.15) is 0 Å². The third-order valence-corrected chi connectivity index (χ3v) is 3.72. The number of nitrogens with zero attached hydrogens (tertiary/aromatic N) is 2. The van der Waals surface area contributed by atoms with Crippen molar-refractivity contribution in [2.75, 3.05) is 13.6 Å². The van der Waals surface area contributed by atoms with Crippen molar-refractivity contribution in [3.8, 4) is 0 Å². The second-order valence-corrected chi connectivity index (χ2v) is 5.68. The summed E-state index contributed by atoms with van der Waals surface area (Å²) in [6.45, 7) is 5.80. The van der Waals surface area contributed by atoms with Crippen molar-refractivity contribution < 1.29 is 0 Å². The van der Waals surface area contributed by atoms with Crippen LogP contribution in [0.25, 0.3) is 0 Å². The number of hydrogen-bond acceptors (Lipinski definition) is 4. The van der Waals surface area contributed by atoms with Crippen LogP contribution in [-0.4, -0.2) is 23.5 Å². The Balaban J connectivity index is 1.90. The highest BCUT2D eigenvalue weighted by Gasteiger charge is 2.04. The molecule has 2 heterocycles.